The van der Waals surface area contributed by atoms with E-state index in [2.05, 4.69) is 10.6 Å². The molecule has 25 heavy (non-hydrogen) atoms. The first-order valence-electron chi connectivity index (χ1n) is 8.39. The SMILES string of the molecule is CCC(Nc1cc(NC(=O)OC(C)(C)C)ccc1F)c1ccccc1. The van der Waals surface area contributed by atoms with Crippen LogP contribution in [-0.2, 0) is 4.74 Å². The van der Waals surface area contributed by atoms with E-state index < -0.39 is 11.7 Å². The average Bonchev–Trinajstić information content (AvgIpc) is 2.54. The summed E-state index contributed by atoms with van der Waals surface area (Å²) in [6.45, 7) is 7.40. The van der Waals surface area contributed by atoms with Gasteiger partial charge in [-0.05, 0) is 51.0 Å². The van der Waals surface area contributed by atoms with Crippen LogP contribution >= 0.6 is 0 Å². The molecule has 0 saturated carbocycles. The maximum absolute atomic E-state index is 14.2. The van der Waals surface area contributed by atoms with Crippen LogP contribution in [0.25, 0.3) is 0 Å². The number of amides is 1. The lowest BCUT2D eigenvalue weighted by Crippen LogP contribution is -2.27. The first-order chi connectivity index (χ1) is 11.8. The first kappa shape index (κ1) is 18.8. The Balaban J connectivity index is 2.14. The Morgan fingerprint density at radius 2 is 1.84 bits per heavy atom. The van der Waals surface area contributed by atoms with Crippen LogP contribution in [0, 0.1) is 5.82 Å². The molecule has 0 aliphatic heterocycles. The summed E-state index contributed by atoms with van der Waals surface area (Å²) in [6.07, 6.45) is 0.229. The largest absolute Gasteiger partial charge is 0.444 e. The van der Waals surface area contributed by atoms with Crippen molar-refractivity contribution in [3.05, 3.63) is 59.9 Å². The van der Waals surface area contributed by atoms with Gasteiger partial charge in [0.25, 0.3) is 0 Å². The summed E-state index contributed by atoms with van der Waals surface area (Å²) in [5, 5.41) is 5.84. The molecule has 5 heteroatoms. The van der Waals surface area contributed by atoms with Gasteiger partial charge < -0.3 is 10.1 Å². The van der Waals surface area contributed by atoms with Gasteiger partial charge in [-0.25, -0.2) is 9.18 Å². The zero-order chi connectivity index (χ0) is 18.4. The van der Waals surface area contributed by atoms with Gasteiger partial charge in [-0.2, -0.15) is 0 Å². The van der Waals surface area contributed by atoms with Crippen molar-refractivity contribution in [3.8, 4) is 0 Å². The number of rotatable bonds is 5. The number of carbonyl (C=O) groups is 1. The second-order valence-corrected chi connectivity index (χ2v) is 6.84. The molecule has 1 unspecified atom stereocenters. The van der Waals surface area contributed by atoms with E-state index in [4.69, 9.17) is 4.74 Å². The molecule has 2 rings (SSSR count). The van der Waals surface area contributed by atoms with E-state index >= 15 is 0 Å². The van der Waals surface area contributed by atoms with Crippen LogP contribution in [-0.4, -0.2) is 11.7 Å². The minimum Gasteiger partial charge on any atom is -0.444 e. The zero-order valence-electron chi connectivity index (χ0n) is 15.1. The molecule has 134 valence electrons. The van der Waals surface area contributed by atoms with E-state index in [0.717, 1.165) is 12.0 Å². The molecule has 2 N–H and O–H groups in total. The molecule has 0 spiro atoms. The second-order valence-electron chi connectivity index (χ2n) is 6.84. The number of hydrogen-bond donors (Lipinski definition) is 2. The highest BCUT2D eigenvalue weighted by Gasteiger charge is 2.17. The maximum Gasteiger partial charge on any atom is 0.412 e. The summed E-state index contributed by atoms with van der Waals surface area (Å²) in [6, 6.07) is 14.2. The standard InChI is InChI=1S/C20H25FN2O2/c1-5-17(14-9-7-6-8-10-14)23-18-13-15(11-12-16(18)21)22-19(24)25-20(2,3)4/h6-13,17,23H,5H2,1-4H3,(H,22,24). The topological polar surface area (TPSA) is 50.4 Å². The highest BCUT2D eigenvalue weighted by Crippen LogP contribution is 2.27. The number of ether oxygens (including phenoxy) is 1. The molecule has 0 aliphatic rings. The summed E-state index contributed by atoms with van der Waals surface area (Å²) in [5.41, 5.74) is 1.30. The molecule has 0 fully saturated rings. The van der Waals surface area contributed by atoms with Crippen LogP contribution in [0.2, 0.25) is 0 Å². The van der Waals surface area contributed by atoms with Crippen molar-refractivity contribution >= 4 is 17.5 Å². The second kappa shape index (κ2) is 8.01. The Morgan fingerprint density at radius 3 is 2.44 bits per heavy atom. The Kier molecular flexibility index (Phi) is 6.02. The normalized spacial score (nSPS) is 12.4. The smallest absolute Gasteiger partial charge is 0.412 e. The molecule has 4 nitrogen and oxygen atoms in total. The molecule has 0 aromatic heterocycles. The molecular weight excluding hydrogens is 319 g/mol. The van der Waals surface area contributed by atoms with E-state index in [1.165, 1.54) is 12.1 Å². The number of anilines is 2. The molecule has 0 heterocycles. The van der Waals surface area contributed by atoms with Crippen molar-refractivity contribution in [2.24, 2.45) is 0 Å². The van der Waals surface area contributed by atoms with Crippen molar-refractivity contribution in [2.75, 3.05) is 10.6 Å². The molecule has 1 amide bonds. The number of nitrogens with one attached hydrogen (secondary N) is 2. The fourth-order valence-corrected chi connectivity index (χ4v) is 2.43. The third-order valence-electron chi connectivity index (χ3n) is 3.55. The summed E-state index contributed by atoms with van der Waals surface area (Å²) in [5.74, 6) is -0.371. The quantitative estimate of drug-likeness (QED) is 0.727. The highest BCUT2D eigenvalue weighted by molar-refractivity contribution is 5.85. The van der Waals surface area contributed by atoms with Gasteiger partial charge in [0.2, 0.25) is 0 Å². The van der Waals surface area contributed by atoms with Gasteiger partial charge in [0, 0.05) is 5.69 Å². The van der Waals surface area contributed by atoms with Gasteiger partial charge in [0.1, 0.15) is 11.4 Å². The lowest BCUT2D eigenvalue weighted by atomic mass is 10.0. The van der Waals surface area contributed by atoms with E-state index in [-0.39, 0.29) is 11.9 Å². The molecule has 2 aromatic rings. The minimum absolute atomic E-state index is 0.0209. The van der Waals surface area contributed by atoms with Crippen molar-refractivity contribution in [1.29, 1.82) is 0 Å². The maximum atomic E-state index is 14.2. The molecule has 1 atom stereocenters. The number of halogens is 1. The summed E-state index contributed by atoms with van der Waals surface area (Å²) in [4.78, 5) is 11.9. The monoisotopic (exact) mass is 344 g/mol. The predicted octanol–water partition coefficient (Wildman–Crippen LogP) is 5.74. The van der Waals surface area contributed by atoms with Gasteiger partial charge in [-0.3, -0.25) is 5.32 Å². The van der Waals surface area contributed by atoms with Gasteiger partial charge >= 0.3 is 6.09 Å². The van der Waals surface area contributed by atoms with Gasteiger partial charge in [0.15, 0.2) is 0 Å². The van der Waals surface area contributed by atoms with Crippen molar-refractivity contribution < 1.29 is 13.9 Å². The average molecular weight is 344 g/mol. The van der Waals surface area contributed by atoms with Crippen LogP contribution in [0.3, 0.4) is 0 Å². The first-order valence-corrected chi connectivity index (χ1v) is 8.39. The molecule has 0 radical (unpaired) electrons. The summed E-state index contributed by atoms with van der Waals surface area (Å²) >= 11 is 0. The van der Waals surface area contributed by atoms with Gasteiger partial charge in [-0.1, -0.05) is 37.3 Å². The van der Waals surface area contributed by atoms with Gasteiger partial charge in [-0.15, -0.1) is 0 Å². The third kappa shape index (κ3) is 5.78. The van der Waals surface area contributed by atoms with Crippen LogP contribution in [0.15, 0.2) is 48.5 Å². The number of hydrogen-bond acceptors (Lipinski definition) is 3. The fourth-order valence-electron chi connectivity index (χ4n) is 2.43. The van der Waals surface area contributed by atoms with Crippen LogP contribution in [0.4, 0.5) is 20.6 Å². The lowest BCUT2D eigenvalue weighted by Gasteiger charge is -2.21. The Bertz CT molecular complexity index is 711. The Hall–Kier alpha value is -2.56. The minimum atomic E-state index is -0.591. The van der Waals surface area contributed by atoms with Crippen molar-refractivity contribution in [2.45, 2.75) is 45.8 Å². The van der Waals surface area contributed by atoms with Crippen LogP contribution in [0.1, 0.15) is 45.7 Å². The summed E-state index contributed by atoms with van der Waals surface area (Å²) < 4.78 is 19.4. The molecular formula is C20H25FN2O2. The van der Waals surface area contributed by atoms with Gasteiger partial charge in [0.05, 0.1) is 11.7 Å². The van der Waals surface area contributed by atoms with Crippen molar-refractivity contribution in [1.82, 2.24) is 0 Å². The zero-order valence-corrected chi connectivity index (χ0v) is 15.1. The van der Waals surface area contributed by atoms with Crippen LogP contribution < -0.4 is 10.6 Å². The molecule has 0 saturated heterocycles. The van der Waals surface area contributed by atoms with Crippen molar-refractivity contribution in [3.63, 3.8) is 0 Å². The van der Waals surface area contributed by atoms with E-state index in [0.29, 0.717) is 11.4 Å². The lowest BCUT2D eigenvalue weighted by molar-refractivity contribution is 0.0636. The summed E-state index contributed by atoms with van der Waals surface area (Å²) in [7, 11) is 0. The highest BCUT2D eigenvalue weighted by atomic mass is 19.1. The molecule has 0 aliphatic carbocycles. The molecule has 2 aromatic carbocycles. The fraction of sp³-hybridized carbons (Fsp3) is 0.350. The van der Waals surface area contributed by atoms with E-state index in [1.807, 2.05) is 37.3 Å². The Labute approximate surface area is 148 Å². The van der Waals surface area contributed by atoms with Crippen LogP contribution in [0.5, 0.6) is 0 Å². The Morgan fingerprint density at radius 1 is 1.16 bits per heavy atom. The number of carbonyl (C=O) groups excluding carboxylic acids is 1. The molecule has 0 bridgehead atoms. The van der Waals surface area contributed by atoms with E-state index in [1.54, 1.807) is 26.8 Å². The number of benzene rings is 2. The third-order valence-corrected chi connectivity index (χ3v) is 3.55. The van der Waals surface area contributed by atoms with E-state index in [9.17, 15) is 9.18 Å². The predicted molar refractivity (Wildman–Crippen MR) is 99.4 cm³/mol.